The smallest absolute Gasteiger partial charge is 0.303 e. The summed E-state index contributed by atoms with van der Waals surface area (Å²) in [6, 6.07) is 0. The van der Waals surface area contributed by atoms with E-state index in [4.69, 9.17) is 18.9 Å². The Bertz CT molecular complexity index is 1030. The number of ether oxygens (including phenoxy) is 4. The molecule has 9 nitrogen and oxygen atoms in total. The van der Waals surface area contributed by atoms with Gasteiger partial charge in [0.15, 0.2) is 6.10 Å². The van der Waals surface area contributed by atoms with Crippen LogP contribution in [0, 0.1) is 16.7 Å². The summed E-state index contributed by atoms with van der Waals surface area (Å²) < 4.78 is 23.2. The molecule has 0 heterocycles. The molecule has 0 aliphatic heterocycles. The molecule has 9 heteroatoms. The van der Waals surface area contributed by atoms with E-state index in [9.17, 15) is 24.3 Å². The second-order valence-electron chi connectivity index (χ2n) is 11.6. The highest BCUT2D eigenvalue weighted by Crippen LogP contribution is 2.65. The second-order valence-corrected chi connectivity index (χ2v) is 11.6. The number of carbonyl (C=O) groups excluding carboxylic acids is 4. The summed E-state index contributed by atoms with van der Waals surface area (Å²) in [7, 11) is 0. The van der Waals surface area contributed by atoms with E-state index < -0.39 is 64.7 Å². The van der Waals surface area contributed by atoms with Gasteiger partial charge in [-0.25, -0.2) is 0 Å². The summed E-state index contributed by atoms with van der Waals surface area (Å²) >= 11 is 0. The van der Waals surface area contributed by atoms with E-state index in [1.807, 2.05) is 6.92 Å². The van der Waals surface area contributed by atoms with Crippen LogP contribution in [0.4, 0.5) is 0 Å². The molecule has 3 aliphatic carbocycles. The van der Waals surface area contributed by atoms with Gasteiger partial charge < -0.3 is 24.1 Å². The fraction of sp³-hybridized carbons (Fsp3) is 0.714. The van der Waals surface area contributed by atoms with E-state index in [2.05, 4.69) is 6.58 Å². The van der Waals surface area contributed by atoms with E-state index in [1.54, 1.807) is 20.8 Å². The molecule has 7 atom stereocenters. The van der Waals surface area contributed by atoms with Crippen LogP contribution in [0.1, 0.15) is 81.1 Å². The quantitative estimate of drug-likeness (QED) is 0.329. The highest BCUT2D eigenvalue weighted by molar-refractivity contribution is 5.69. The van der Waals surface area contributed by atoms with Crippen molar-refractivity contribution < 1.29 is 43.2 Å². The van der Waals surface area contributed by atoms with Gasteiger partial charge in [0, 0.05) is 44.9 Å². The van der Waals surface area contributed by atoms with Crippen LogP contribution < -0.4 is 0 Å². The van der Waals surface area contributed by atoms with Crippen molar-refractivity contribution in [1.29, 1.82) is 0 Å². The monoisotopic (exact) mass is 520 g/mol. The average Bonchev–Trinajstić information content (AvgIpc) is 2.96. The molecular formula is C28H40O9. The van der Waals surface area contributed by atoms with Gasteiger partial charge in [-0.2, -0.15) is 0 Å². The molecule has 0 aromatic carbocycles. The summed E-state index contributed by atoms with van der Waals surface area (Å²) in [4.78, 5) is 48.7. The predicted molar refractivity (Wildman–Crippen MR) is 133 cm³/mol. The molecule has 0 saturated heterocycles. The lowest BCUT2D eigenvalue weighted by Gasteiger charge is -2.50. The van der Waals surface area contributed by atoms with Gasteiger partial charge in [0.2, 0.25) is 0 Å². The molecular weight excluding hydrogens is 480 g/mol. The lowest BCUT2D eigenvalue weighted by molar-refractivity contribution is -0.178. The molecule has 0 amide bonds. The van der Waals surface area contributed by atoms with E-state index >= 15 is 0 Å². The third kappa shape index (κ3) is 5.07. The Morgan fingerprint density at radius 3 is 1.89 bits per heavy atom. The Hall–Kier alpha value is -2.68. The number of esters is 4. The highest BCUT2D eigenvalue weighted by Gasteiger charge is 2.66. The third-order valence-electron chi connectivity index (χ3n) is 8.70. The molecule has 206 valence electrons. The molecule has 0 spiro atoms. The zero-order valence-electron chi connectivity index (χ0n) is 23.1. The second kappa shape index (κ2) is 9.89. The minimum Gasteiger partial charge on any atom is -0.458 e. The van der Waals surface area contributed by atoms with Crippen molar-refractivity contribution in [2.45, 2.75) is 111 Å². The van der Waals surface area contributed by atoms with Crippen LogP contribution in [0.15, 0.2) is 23.3 Å². The van der Waals surface area contributed by atoms with Crippen LogP contribution in [-0.2, 0) is 38.1 Å². The molecule has 3 rings (SSSR count). The number of hydrogen-bond acceptors (Lipinski definition) is 9. The van der Waals surface area contributed by atoms with Crippen molar-refractivity contribution >= 4 is 23.9 Å². The Morgan fingerprint density at radius 2 is 1.41 bits per heavy atom. The van der Waals surface area contributed by atoms with Crippen molar-refractivity contribution in [1.82, 2.24) is 0 Å². The van der Waals surface area contributed by atoms with E-state index in [1.165, 1.54) is 27.7 Å². The first-order chi connectivity index (χ1) is 16.9. The largest absolute Gasteiger partial charge is 0.458 e. The first-order valence-corrected chi connectivity index (χ1v) is 12.8. The molecule has 37 heavy (non-hydrogen) atoms. The van der Waals surface area contributed by atoms with Crippen LogP contribution in [0.2, 0.25) is 0 Å². The van der Waals surface area contributed by atoms with Gasteiger partial charge in [-0.05, 0) is 62.7 Å². The summed E-state index contributed by atoms with van der Waals surface area (Å²) in [5, 5.41) is 11.8. The molecule has 2 saturated carbocycles. The van der Waals surface area contributed by atoms with Crippen LogP contribution in [-0.4, -0.2) is 59.0 Å². The molecule has 3 aliphatic rings. The number of rotatable bonds is 5. The van der Waals surface area contributed by atoms with Gasteiger partial charge in [0.25, 0.3) is 0 Å². The average molecular weight is 521 g/mol. The first-order valence-electron chi connectivity index (χ1n) is 12.8. The Kier molecular flexibility index (Phi) is 7.72. The molecule has 0 aromatic heterocycles. The summed E-state index contributed by atoms with van der Waals surface area (Å²) in [5.74, 6) is -2.41. The summed E-state index contributed by atoms with van der Waals surface area (Å²) in [6.07, 6.45) is -1.62. The third-order valence-corrected chi connectivity index (χ3v) is 8.70. The topological polar surface area (TPSA) is 125 Å². The molecule has 0 radical (unpaired) electrons. The molecule has 0 aromatic rings. The zero-order chi connectivity index (χ0) is 28.1. The van der Waals surface area contributed by atoms with Crippen LogP contribution in [0.3, 0.4) is 0 Å². The van der Waals surface area contributed by atoms with E-state index in [0.717, 1.165) is 0 Å². The Balaban J connectivity index is 2.34. The Morgan fingerprint density at radius 1 is 0.892 bits per heavy atom. The lowest BCUT2D eigenvalue weighted by atomic mass is 9.57. The number of aliphatic hydroxyl groups is 1. The normalized spacial score (nSPS) is 35.6. The number of fused-ring (bicyclic) bond motifs is 2. The standard InChI is InChI=1S/C28H40O9/c1-14-20-12-28(26(7,8)33)13-22(35-17(4)30)15(2)23(28)24(36-18(5)31)25(37-19(6)32)27(20,9)11-10-21(14)34-16(3)29/h20-22,24-25,33H,1,10-13H2,2-9H3/t20-,21+,22+,24-,25+,27-,28+/m1/s1. The zero-order valence-corrected chi connectivity index (χ0v) is 23.1. The molecule has 1 N–H and O–H groups in total. The van der Waals surface area contributed by atoms with Crippen molar-refractivity contribution in [3.8, 4) is 0 Å². The van der Waals surface area contributed by atoms with Crippen LogP contribution in [0.5, 0.6) is 0 Å². The van der Waals surface area contributed by atoms with Gasteiger partial charge in [-0.1, -0.05) is 13.5 Å². The molecule has 0 unspecified atom stereocenters. The van der Waals surface area contributed by atoms with Crippen molar-refractivity contribution in [2.24, 2.45) is 16.7 Å². The first kappa shape index (κ1) is 28.9. The van der Waals surface area contributed by atoms with Gasteiger partial charge in [-0.3, -0.25) is 19.2 Å². The SMILES string of the molecule is C=C1[C@@H](OC(C)=O)CC[C@]2(C)[C@@H]1C[C@]1(C(C)(C)O)C[C@H](OC(C)=O)C(C)=C1[C@@H](OC(C)=O)[C@@H]2OC(C)=O. The minimum atomic E-state index is -1.36. The molecule has 2 fully saturated rings. The molecule has 0 bridgehead atoms. The fourth-order valence-electron chi connectivity index (χ4n) is 6.99. The number of carbonyl (C=O) groups is 4. The van der Waals surface area contributed by atoms with Crippen molar-refractivity contribution in [3.05, 3.63) is 23.3 Å². The van der Waals surface area contributed by atoms with E-state index in [-0.39, 0.29) is 12.3 Å². The summed E-state index contributed by atoms with van der Waals surface area (Å²) in [6.45, 7) is 16.7. The van der Waals surface area contributed by atoms with Crippen LogP contribution >= 0.6 is 0 Å². The minimum absolute atomic E-state index is 0.250. The van der Waals surface area contributed by atoms with Gasteiger partial charge >= 0.3 is 23.9 Å². The maximum absolute atomic E-state index is 12.5. The fourth-order valence-corrected chi connectivity index (χ4v) is 6.99. The Labute approximate surface area is 218 Å². The predicted octanol–water partition coefficient (Wildman–Crippen LogP) is 3.57. The highest BCUT2D eigenvalue weighted by atomic mass is 16.6. The van der Waals surface area contributed by atoms with Crippen LogP contribution in [0.25, 0.3) is 0 Å². The van der Waals surface area contributed by atoms with Crippen molar-refractivity contribution in [3.63, 3.8) is 0 Å². The van der Waals surface area contributed by atoms with Gasteiger partial charge in [0.05, 0.1) is 5.60 Å². The summed E-state index contributed by atoms with van der Waals surface area (Å²) in [5.41, 5.74) is -1.24. The van der Waals surface area contributed by atoms with Gasteiger partial charge in [-0.15, -0.1) is 0 Å². The van der Waals surface area contributed by atoms with Gasteiger partial charge in [0.1, 0.15) is 18.3 Å². The van der Waals surface area contributed by atoms with Crippen molar-refractivity contribution in [2.75, 3.05) is 0 Å². The van der Waals surface area contributed by atoms with E-state index in [0.29, 0.717) is 36.0 Å². The number of hydrogen-bond donors (Lipinski definition) is 1. The maximum atomic E-state index is 12.5. The lowest BCUT2D eigenvalue weighted by Crippen LogP contribution is -2.52. The maximum Gasteiger partial charge on any atom is 0.303 e.